The SMILES string of the molecule is CCCOc1cc(C)c(C)cc1C(=O)CCl. The molecule has 0 amide bonds. The van der Waals surface area contributed by atoms with Gasteiger partial charge in [0, 0.05) is 0 Å². The average Bonchev–Trinajstić information content (AvgIpc) is 2.29. The van der Waals surface area contributed by atoms with Crippen LogP contribution >= 0.6 is 11.6 Å². The summed E-state index contributed by atoms with van der Waals surface area (Å²) in [6.45, 7) is 6.63. The molecule has 0 saturated carbocycles. The van der Waals surface area contributed by atoms with Gasteiger partial charge in [-0.05, 0) is 43.5 Å². The van der Waals surface area contributed by atoms with E-state index in [1.54, 1.807) is 0 Å². The van der Waals surface area contributed by atoms with Gasteiger partial charge in [-0.3, -0.25) is 4.79 Å². The summed E-state index contributed by atoms with van der Waals surface area (Å²) in [5.74, 6) is 0.553. The van der Waals surface area contributed by atoms with E-state index in [1.807, 2.05) is 32.9 Å². The highest BCUT2D eigenvalue weighted by molar-refractivity contribution is 6.30. The number of carbonyl (C=O) groups excluding carboxylic acids is 1. The second kappa shape index (κ2) is 5.90. The molecule has 0 aliphatic rings. The number of alkyl halides is 1. The highest BCUT2D eigenvalue weighted by atomic mass is 35.5. The Bertz CT molecular complexity index is 386. The van der Waals surface area contributed by atoms with Crippen molar-refractivity contribution >= 4 is 17.4 Å². The van der Waals surface area contributed by atoms with Crippen molar-refractivity contribution in [2.24, 2.45) is 0 Å². The second-order valence-electron chi connectivity index (χ2n) is 3.84. The molecule has 1 aromatic rings. The molecule has 0 bridgehead atoms. The Kier molecular flexibility index (Phi) is 4.81. The van der Waals surface area contributed by atoms with Gasteiger partial charge in [-0.2, -0.15) is 0 Å². The van der Waals surface area contributed by atoms with Gasteiger partial charge in [-0.1, -0.05) is 6.92 Å². The Morgan fingerprint density at radius 2 is 1.94 bits per heavy atom. The van der Waals surface area contributed by atoms with Crippen LogP contribution in [0.4, 0.5) is 0 Å². The minimum absolute atomic E-state index is 0.00894. The number of halogens is 1. The van der Waals surface area contributed by atoms with Crippen LogP contribution in [-0.2, 0) is 0 Å². The molecule has 0 fully saturated rings. The second-order valence-corrected chi connectivity index (χ2v) is 4.11. The minimum atomic E-state index is -0.0872. The largest absolute Gasteiger partial charge is 0.493 e. The van der Waals surface area contributed by atoms with Crippen molar-refractivity contribution in [3.63, 3.8) is 0 Å². The molecule has 0 aliphatic heterocycles. The predicted molar refractivity (Wildman–Crippen MR) is 66.8 cm³/mol. The monoisotopic (exact) mass is 240 g/mol. The fourth-order valence-corrected chi connectivity index (χ4v) is 1.55. The fourth-order valence-electron chi connectivity index (χ4n) is 1.41. The summed E-state index contributed by atoms with van der Waals surface area (Å²) in [6.07, 6.45) is 0.918. The maximum atomic E-state index is 11.6. The van der Waals surface area contributed by atoms with E-state index in [4.69, 9.17) is 16.3 Å². The Hall–Kier alpha value is -1.02. The van der Waals surface area contributed by atoms with Crippen molar-refractivity contribution < 1.29 is 9.53 Å². The summed E-state index contributed by atoms with van der Waals surface area (Å²) in [5, 5.41) is 0. The zero-order valence-corrected chi connectivity index (χ0v) is 10.7. The number of Topliss-reactive ketones (excluding diaryl/α,β-unsaturated/α-hetero) is 1. The average molecular weight is 241 g/mol. The van der Waals surface area contributed by atoms with E-state index >= 15 is 0 Å². The number of carbonyl (C=O) groups is 1. The van der Waals surface area contributed by atoms with Crippen LogP contribution in [-0.4, -0.2) is 18.3 Å². The van der Waals surface area contributed by atoms with Crippen molar-refractivity contribution in [2.45, 2.75) is 27.2 Å². The van der Waals surface area contributed by atoms with E-state index in [0.29, 0.717) is 17.9 Å². The summed E-state index contributed by atoms with van der Waals surface area (Å²) in [6, 6.07) is 3.76. The van der Waals surface area contributed by atoms with Crippen LogP contribution < -0.4 is 4.74 Å². The maximum absolute atomic E-state index is 11.6. The molecular weight excluding hydrogens is 224 g/mol. The Labute approximate surface area is 102 Å². The molecule has 1 rings (SSSR count). The molecule has 1 aromatic carbocycles. The zero-order chi connectivity index (χ0) is 12.1. The molecule has 0 aromatic heterocycles. The van der Waals surface area contributed by atoms with Crippen LogP contribution in [0.25, 0.3) is 0 Å². The lowest BCUT2D eigenvalue weighted by Crippen LogP contribution is -2.07. The maximum Gasteiger partial charge on any atom is 0.181 e. The molecule has 0 unspecified atom stereocenters. The summed E-state index contributed by atoms with van der Waals surface area (Å²) in [5.41, 5.74) is 2.79. The first kappa shape index (κ1) is 13.0. The van der Waals surface area contributed by atoms with Gasteiger partial charge in [0.15, 0.2) is 5.78 Å². The summed E-state index contributed by atoms with van der Waals surface area (Å²) in [7, 11) is 0. The van der Waals surface area contributed by atoms with Gasteiger partial charge >= 0.3 is 0 Å². The Morgan fingerprint density at radius 3 is 2.50 bits per heavy atom. The van der Waals surface area contributed by atoms with Crippen LogP contribution in [0.2, 0.25) is 0 Å². The van der Waals surface area contributed by atoms with Crippen molar-refractivity contribution in [1.82, 2.24) is 0 Å². The van der Waals surface area contributed by atoms with Gasteiger partial charge in [-0.15, -0.1) is 11.6 Å². The molecule has 2 nitrogen and oxygen atoms in total. The molecule has 0 saturated heterocycles. The summed E-state index contributed by atoms with van der Waals surface area (Å²) >= 11 is 5.58. The van der Waals surface area contributed by atoms with E-state index in [0.717, 1.165) is 17.5 Å². The number of hydrogen-bond acceptors (Lipinski definition) is 2. The normalized spacial score (nSPS) is 10.2. The standard InChI is InChI=1S/C13H17ClO2/c1-4-5-16-13-7-10(3)9(2)6-11(13)12(15)8-14/h6-7H,4-5,8H2,1-3H3. The van der Waals surface area contributed by atoms with Gasteiger partial charge in [0.2, 0.25) is 0 Å². The number of rotatable bonds is 5. The number of aryl methyl sites for hydroxylation is 2. The quantitative estimate of drug-likeness (QED) is 0.582. The molecule has 0 radical (unpaired) electrons. The molecule has 0 N–H and O–H groups in total. The van der Waals surface area contributed by atoms with Crippen LogP contribution in [0, 0.1) is 13.8 Å². The van der Waals surface area contributed by atoms with E-state index in [2.05, 4.69) is 0 Å². The van der Waals surface area contributed by atoms with Crippen LogP contribution in [0.1, 0.15) is 34.8 Å². The van der Waals surface area contributed by atoms with Gasteiger partial charge in [0.05, 0.1) is 18.1 Å². The Morgan fingerprint density at radius 1 is 1.31 bits per heavy atom. The number of benzene rings is 1. The smallest absolute Gasteiger partial charge is 0.181 e. The molecule has 3 heteroatoms. The van der Waals surface area contributed by atoms with E-state index < -0.39 is 0 Å². The lowest BCUT2D eigenvalue weighted by Gasteiger charge is -2.12. The first-order valence-electron chi connectivity index (χ1n) is 5.43. The van der Waals surface area contributed by atoms with Crippen molar-refractivity contribution in [1.29, 1.82) is 0 Å². The van der Waals surface area contributed by atoms with Gasteiger partial charge < -0.3 is 4.74 Å². The number of hydrogen-bond donors (Lipinski definition) is 0. The van der Waals surface area contributed by atoms with E-state index in [1.165, 1.54) is 0 Å². The van der Waals surface area contributed by atoms with Crippen molar-refractivity contribution in [2.75, 3.05) is 12.5 Å². The van der Waals surface area contributed by atoms with Crippen molar-refractivity contribution in [3.8, 4) is 5.75 Å². The van der Waals surface area contributed by atoms with Gasteiger partial charge in [0.25, 0.3) is 0 Å². The van der Waals surface area contributed by atoms with Crippen molar-refractivity contribution in [3.05, 3.63) is 28.8 Å². The number of ketones is 1. The first-order valence-corrected chi connectivity index (χ1v) is 5.96. The molecular formula is C13H17ClO2. The molecule has 0 heterocycles. The van der Waals surface area contributed by atoms with Gasteiger partial charge in [0.1, 0.15) is 5.75 Å². The molecule has 88 valence electrons. The highest BCUT2D eigenvalue weighted by Crippen LogP contribution is 2.24. The third kappa shape index (κ3) is 2.99. The number of ether oxygens (including phenoxy) is 1. The minimum Gasteiger partial charge on any atom is -0.493 e. The molecule has 16 heavy (non-hydrogen) atoms. The van der Waals surface area contributed by atoms with Crippen LogP contribution in [0.3, 0.4) is 0 Å². The van der Waals surface area contributed by atoms with Gasteiger partial charge in [-0.25, -0.2) is 0 Å². The molecule has 0 aliphatic carbocycles. The lowest BCUT2D eigenvalue weighted by atomic mass is 10.0. The Balaban J connectivity index is 3.11. The third-order valence-corrected chi connectivity index (χ3v) is 2.72. The van der Waals surface area contributed by atoms with E-state index in [9.17, 15) is 4.79 Å². The van der Waals surface area contributed by atoms with Crippen LogP contribution in [0.15, 0.2) is 12.1 Å². The third-order valence-electron chi connectivity index (χ3n) is 2.48. The lowest BCUT2D eigenvalue weighted by molar-refractivity contribution is 0.101. The zero-order valence-electron chi connectivity index (χ0n) is 9.97. The highest BCUT2D eigenvalue weighted by Gasteiger charge is 2.13. The predicted octanol–water partition coefficient (Wildman–Crippen LogP) is 3.51. The summed E-state index contributed by atoms with van der Waals surface area (Å²) < 4.78 is 5.57. The first-order chi connectivity index (χ1) is 7.60. The fraction of sp³-hybridized carbons (Fsp3) is 0.462. The molecule has 0 atom stereocenters. The summed E-state index contributed by atoms with van der Waals surface area (Å²) in [4.78, 5) is 11.6. The van der Waals surface area contributed by atoms with Crippen LogP contribution in [0.5, 0.6) is 5.75 Å². The topological polar surface area (TPSA) is 26.3 Å². The van der Waals surface area contributed by atoms with E-state index in [-0.39, 0.29) is 11.7 Å². The molecule has 0 spiro atoms.